The van der Waals surface area contributed by atoms with Gasteiger partial charge in [0.1, 0.15) is 0 Å². The predicted octanol–water partition coefficient (Wildman–Crippen LogP) is 0.686. The Kier molecular flexibility index (Phi) is 4.35. The van der Waals surface area contributed by atoms with Gasteiger partial charge in [0.05, 0.1) is 6.61 Å². The Morgan fingerprint density at radius 3 is 2.71 bits per heavy atom. The van der Waals surface area contributed by atoms with Gasteiger partial charge < -0.3 is 15.3 Å². The Balaban J connectivity index is 2.44. The lowest BCUT2D eigenvalue weighted by Crippen LogP contribution is -2.53. The van der Waals surface area contributed by atoms with Gasteiger partial charge in [0, 0.05) is 24.7 Å². The summed E-state index contributed by atoms with van der Waals surface area (Å²) in [6, 6.07) is 1.43. The summed E-state index contributed by atoms with van der Waals surface area (Å²) in [4.78, 5) is 2.41. The number of rotatable bonds is 3. The molecule has 1 heterocycles. The van der Waals surface area contributed by atoms with Gasteiger partial charge in [-0.25, -0.2) is 0 Å². The van der Waals surface area contributed by atoms with E-state index in [-0.39, 0.29) is 12.6 Å². The van der Waals surface area contributed by atoms with Crippen LogP contribution >= 0.6 is 0 Å². The fourth-order valence-corrected chi connectivity index (χ4v) is 2.19. The van der Waals surface area contributed by atoms with Crippen LogP contribution < -0.4 is 5.32 Å². The molecule has 3 heteroatoms. The topological polar surface area (TPSA) is 35.5 Å². The highest BCUT2D eigenvalue weighted by molar-refractivity contribution is 4.87. The van der Waals surface area contributed by atoms with Crippen molar-refractivity contribution in [1.29, 1.82) is 0 Å². The Labute approximate surface area is 87.5 Å². The maximum Gasteiger partial charge on any atom is 0.0582 e. The smallest absolute Gasteiger partial charge is 0.0582 e. The normalized spacial score (nSPS) is 37.1. The summed E-state index contributed by atoms with van der Waals surface area (Å²) < 4.78 is 0. The van der Waals surface area contributed by atoms with E-state index in [0.29, 0.717) is 18.0 Å². The molecule has 0 amide bonds. The summed E-state index contributed by atoms with van der Waals surface area (Å²) in [7, 11) is 2.19. The second-order valence-electron chi connectivity index (χ2n) is 4.86. The van der Waals surface area contributed by atoms with E-state index in [4.69, 9.17) is 5.11 Å². The molecule has 0 aromatic rings. The van der Waals surface area contributed by atoms with E-state index in [9.17, 15) is 0 Å². The molecule has 0 unspecified atom stereocenters. The molecule has 1 rings (SSSR count). The number of nitrogens with zero attached hydrogens (tertiary/aromatic N) is 1. The van der Waals surface area contributed by atoms with E-state index in [0.717, 1.165) is 6.54 Å². The summed E-state index contributed by atoms with van der Waals surface area (Å²) in [6.07, 6.45) is 1.18. The van der Waals surface area contributed by atoms with Crippen LogP contribution in [0.15, 0.2) is 0 Å². The lowest BCUT2D eigenvalue weighted by Gasteiger charge is -2.41. The van der Waals surface area contributed by atoms with Gasteiger partial charge in [-0.2, -0.15) is 0 Å². The van der Waals surface area contributed by atoms with Gasteiger partial charge in [-0.05, 0) is 33.2 Å². The van der Waals surface area contributed by atoms with E-state index >= 15 is 0 Å². The second kappa shape index (κ2) is 5.10. The summed E-state index contributed by atoms with van der Waals surface area (Å²) >= 11 is 0. The molecule has 4 atom stereocenters. The standard InChI is InChI=1S/C11H24N2O/c1-8-6-13(4)10(3)5-11(8)12-9(2)7-14/h8-12,14H,5-7H2,1-4H3/t8-,9+,10+,11+/m0/s1. The highest BCUT2D eigenvalue weighted by Crippen LogP contribution is 2.20. The molecule has 0 bridgehead atoms. The zero-order valence-electron chi connectivity index (χ0n) is 9.83. The molecule has 84 valence electrons. The minimum absolute atomic E-state index is 0.220. The van der Waals surface area contributed by atoms with Gasteiger partial charge in [0.25, 0.3) is 0 Å². The Bertz CT molecular complexity index is 173. The van der Waals surface area contributed by atoms with Crippen LogP contribution in [0.5, 0.6) is 0 Å². The minimum atomic E-state index is 0.220. The van der Waals surface area contributed by atoms with E-state index < -0.39 is 0 Å². The first-order valence-electron chi connectivity index (χ1n) is 5.61. The molecule has 2 N–H and O–H groups in total. The first kappa shape index (κ1) is 12.0. The number of piperidine rings is 1. The van der Waals surface area contributed by atoms with Crippen LogP contribution in [0.1, 0.15) is 27.2 Å². The van der Waals surface area contributed by atoms with Gasteiger partial charge in [-0.3, -0.25) is 0 Å². The Morgan fingerprint density at radius 2 is 2.14 bits per heavy atom. The molecule has 0 aliphatic carbocycles. The van der Waals surface area contributed by atoms with Crippen LogP contribution in [0.4, 0.5) is 0 Å². The van der Waals surface area contributed by atoms with E-state index in [1.165, 1.54) is 6.42 Å². The largest absolute Gasteiger partial charge is 0.395 e. The number of likely N-dealkylation sites (tertiary alicyclic amines) is 1. The molecule has 0 aromatic carbocycles. The number of hydrogen-bond donors (Lipinski definition) is 2. The number of aliphatic hydroxyl groups excluding tert-OH is 1. The molecule has 1 aliphatic heterocycles. The van der Waals surface area contributed by atoms with Gasteiger partial charge in [-0.1, -0.05) is 6.92 Å². The molecular weight excluding hydrogens is 176 g/mol. The van der Waals surface area contributed by atoms with Crippen LogP contribution in [0.3, 0.4) is 0 Å². The molecule has 1 saturated heterocycles. The molecule has 0 spiro atoms. The van der Waals surface area contributed by atoms with Crippen molar-refractivity contribution in [3.8, 4) is 0 Å². The maximum atomic E-state index is 9.00. The summed E-state index contributed by atoms with van der Waals surface area (Å²) in [6.45, 7) is 7.97. The van der Waals surface area contributed by atoms with E-state index in [1.54, 1.807) is 0 Å². The highest BCUT2D eigenvalue weighted by atomic mass is 16.3. The second-order valence-corrected chi connectivity index (χ2v) is 4.86. The van der Waals surface area contributed by atoms with E-state index in [1.807, 2.05) is 6.92 Å². The van der Waals surface area contributed by atoms with Crippen LogP contribution in [0.25, 0.3) is 0 Å². The quantitative estimate of drug-likeness (QED) is 0.703. The molecular formula is C11H24N2O. The van der Waals surface area contributed by atoms with Crippen LogP contribution in [0.2, 0.25) is 0 Å². The van der Waals surface area contributed by atoms with Crippen molar-refractivity contribution in [2.75, 3.05) is 20.2 Å². The molecule has 1 aliphatic rings. The lowest BCUT2D eigenvalue weighted by atomic mass is 9.89. The molecule has 3 nitrogen and oxygen atoms in total. The van der Waals surface area contributed by atoms with Gasteiger partial charge in [-0.15, -0.1) is 0 Å². The molecule has 1 fully saturated rings. The first-order chi connectivity index (χ1) is 6.54. The Hall–Kier alpha value is -0.120. The average molecular weight is 200 g/mol. The molecule has 0 radical (unpaired) electrons. The molecule has 14 heavy (non-hydrogen) atoms. The lowest BCUT2D eigenvalue weighted by molar-refractivity contribution is 0.109. The minimum Gasteiger partial charge on any atom is -0.395 e. The fourth-order valence-electron chi connectivity index (χ4n) is 2.19. The van der Waals surface area contributed by atoms with Crippen LogP contribution in [-0.4, -0.2) is 48.3 Å². The molecule has 0 saturated carbocycles. The van der Waals surface area contributed by atoms with Crippen LogP contribution in [-0.2, 0) is 0 Å². The van der Waals surface area contributed by atoms with Crippen molar-refractivity contribution in [1.82, 2.24) is 10.2 Å². The summed E-state index contributed by atoms with van der Waals surface area (Å²) in [5.41, 5.74) is 0. The van der Waals surface area contributed by atoms with Crippen molar-refractivity contribution in [3.63, 3.8) is 0 Å². The monoisotopic (exact) mass is 200 g/mol. The first-order valence-corrected chi connectivity index (χ1v) is 5.61. The van der Waals surface area contributed by atoms with Gasteiger partial charge in [0.15, 0.2) is 0 Å². The number of aliphatic hydroxyl groups is 1. The SMILES string of the molecule is C[C@H](CO)N[C@@H]1C[C@@H](C)N(C)C[C@@H]1C. The van der Waals surface area contributed by atoms with Crippen molar-refractivity contribution >= 4 is 0 Å². The average Bonchev–Trinajstić information content (AvgIpc) is 2.14. The van der Waals surface area contributed by atoms with Gasteiger partial charge >= 0.3 is 0 Å². The number of nitrogens with one attached hydrogen (secondary N) is 1. The fraction of sp³-hybridized carbons (Fsp3) is 1.00. The highest BCUT2D eigenvalue weighted by Gasteiger charge is 2.29. The number of hydrogen-bond acceptors (Lipinski definition) is 3. The van der Waals surface area contributed by atoms with Crippen molar-refractivity contribution in [2.24, 2.45) is 5.92 Å². The Morgan fingerprint density at radius 1 is 1.50 bits per heavy atom. The summed E-state index contributed by atoms with van der Waals surface area (Å²) in [5, 5.41) is 12.5. The molecule has 0 aromatic heterocycles. The third-order valence-corrected chi connectivity index (χ3v) is 3.38. The van der Waals surface area contributed by atoms with Crippen molar-refractivity contribution in [2.45, 2.75) is 45.3 Å². The third kappa shape index (κ3) is 2.94. The maximum absolute atomic E-state index is 9.00. The predicted molar refractivity (Wildman–Crippen MR) is 59.3 cm³/mol. The zero-order chi connectivity index (χ0) is 10.7. The third-order valence-electron chi connectivity index (χ3n) is 3.38. The summed E-state index contributed by atoms with van der Waals surface area (Å²) in [5.74, 6) is 0.671. The van der Waals surface area contributed by atoms with Crippen molar-refractivity contribution < 1.29 is 5.11 Å². The van der Waals surface area contributed by atoms with E-state index in [2.05, 4.69) is 31.1 Å². The van der Waals surface area contributed by atoms with Gasteiger partial charge in [0.2, 0.25) is 0 Å². The zero-order valence-corrected chi connectivity index (χ0v) is 9.83. The van der Waals surface area contributed by atoms with Crippen molar-refractivity contribution in [3.05, 3.63) is 0 Å². The van der Waals surface area contributed by atoms with Crippen LogP contribution in [0, 0.1) is 5.92 Å².